The number of hydrogen-bond donors (Lipinski definition) is 2. The van der Waals surface area contributed by atoms with Gasteiger partial charge in [0, 0.05) is 32.2 Å². The number of rotatable bonds is 5. The van der Waals surface area contributed by atoms with Crippen LogP contribution in [0.25, 0.3) is 6.08 Å². The zero-order valence-electron chi connectivity index (χ0n) is 14.5. The topological polar surface area (TPSA) is 79.9 Å². The molecule has 7 heteroatoms. The Morgan fingerprint density at radius 2 is 2.32 bits per heavy atom. The van der Waals surface area contributed by atoms with Crippen LogP contribution >= 0.6 is 0 Å². The largest absolute Gasteiger partial charge is 0.493 e. The second-order valence-electron chi connectivity index (χ2n) is 6.12. The fourth-order valence-corrected chi connectivity index (χ4v) is 3.19. The van der Waals surface area contributed by atoms with Crippen LogP contribution in [0.5, 0.6) is 11.5 Å². The quantitative estimate of drug-likeness (QED) is 0.808. The molecular formula is C18H23N3O4. The van der Waals surface area contributed by atoms with Crippen LogP contribution in [0, 0.1) is 0 Å². The van der Waals surface area contributed by atoms with Crippen molar-refractivity contribution in [3.8, 4) is 11.5 Å². The number of ether oxygens (including phenoxy) is 2. The van der Waals surface area contributed by atoms with Crippen molar-refractivity contribution in [1.82, 2.24) is 15.5 Å². The monoisotopic (exact) mass is 345 g/mol. The summed E-state index contributed by atoms with van der Waals surface area (Å²) in [4.78, 5) is 25.9. The molecule has 0 aromatic heterocycles. The van der Waals surface area contributed by atoms with E-state index >= 15 is 0 Å². The highest BCUT2D eigenvalue weighted by Crippen LogP contribution is 2.35. The Labute approximate surface area is 147 Å². The average molecular weight is 345 g/mol. The Morgan fingerprint density at radius 3 is 3.08 bits per heavy atom. The first-order valence-corrected chi connectivity index (χ1v) is 8.34. The maximum Gasteiger partial charge on any atom is 0.237 e. The summed E-state index contributed by atoms with van der Waals surface area (Å²) in [5, 5.41) is 5.42. The lowest BCUT2D eigenvalue weighted by molar-refractivity contribution is -0.133. The molecule has 1 aromatic carbocycles. The van der Waals surface area contributed by atoms with E-state index in [1.807, 2.05) is 23.1 Å². The van der Waals surface area contributed by atoms with Gasteiger partial charge in [0.15, 0.2) is 11.5 Å². The van der Waals surface area contributed by atoms with E-state index in [1.54, 1.807) is 14.2 Å². The van der Waals surface area contributed by atoms with Crippen molar-refractivity contribution >= 4 is 17.9 Å². The van der Waals surface area contributed by atoms with Crippen LogP contribution in [-0.4, -0.2) is 63.2 Å². The fourth-order valence-electron chi connectivity index (χ4n) is 3.19. The van der Waals surface area contributed by atoms with Crippen molar-refractivity contribution in [3.63, 3.8) is 0 Å². The van der Waals surface area contributed by atoms with Gasteiger partial charge in [0.05, 0.1) is 19.6 Å². The van der Waals surface area contributed by atoms with Gasteiger partial charge in [0.25, 0.3) is 0 Å². The smallest absolute Gasteiger partial charge is 0.237 e. The van der Waals surface area contributed by atoms with Crippen LogP contribution in [0.15, 0.2) is 23.8 Å². The summed E-state index contributed by atoms with van der Waals surface area (Å²) in [6.07, 6.45) is 2.23. The van der Waals surface area contributed by atoms with E-state index in [9.17, 15) is 9.59 Å². The van der Waals surface area contributed by atoms with Crippen molar-refractivity contribution < 1.29 is 19.1 Å². The number of nitrogens with one attached hydrogen (secondary N) is 2. The first kappa shape index (κ1) is 17.3. The maximum atomic E-state index is 12.2. The number of para-hydroxylation sites is 1. The molecule has 3 rings (SSSR count). The Morgan fingerprint density at radius 1 is 1.48 bits per heavy atom. The van der Waals surface area contributed by atoms with Crippen molar-refractivity contribution in [2.75, 3.05) is 40.4 Å². The minimum Gasteiger partial charge on any atom is -0.493 e. The van der Waals surface area contributed by atoms with E-state index < -0.39 is 6.04 Å². The number of amides is 2. The van der Waals surface area contributed by atoms with Crippen LogP contribution in [0.1, 0.15) is 12.0 Å². The lowest BCUT2D eigenvalue weighted by Crippen LogP contribution is -2.57. The molecule has 2 amide bonds. The minimum absolute atomic E-state index is 0.103. The zero-order chi connectivity index (χ0) is 17.8. The second kappa shape index (κ2) is 7.57. The Bertz CT molecular complexity index is 702. The number of fused-ring (bicyclic) bond motifs is 1. The Hall–Kier alpha value is -2.54. The normalized spacial score (nSPS) is 20.0. The van der Waals surface area contributed by atoms with Gasteiger partial charge in [-0.2, -0.15) is 0 Å². The molecular weight excluding hydrogens is 322 g/mol. The fraction of sp³-hybridized carbons (Fsp3) is 0.444. The molecule has 0 aliphatic carbocycles. The van der Waals surface area contributed by atoms with Gasteiger partial charge in [0.2, 0.25) is 11.8 Å². The molecule has 1 atom stereocenters. The van der Waals surface area contributed by atoms with Gasteiger partial charge in [-0.15, -0.1) is 0 Å². The molecule has 2 heterocycles. The lowest BCUT2D eigenvalue weighted by Gasteiger charge is -2.35. The number of carbonyl (C=O) groups is 2. The summed E-state index contributed by atoms with van der Waals surface area (Å²) in [7, 11) is 3.20. The molecule has 2 aliphatic rings. The van der Waals surface area contributed by atoms with Gasteiger partial charge in [-0.05, 0) is 17.7 Å². The highest BCUT2D eigenvalue weighted by atomic mass is 16.5. The predicted octanol–water partition coefficient (Wildman–Crippen LogP) is 0.408. The van der Waals surface area contributed by atoms with Crippen molar-refractivity contribution in [2.45, 2.75) is 12.5 Å². The zero-order valence-corrected chi connectivity index (χ0v) is 14.5. The number of carbonyl (C=O) groups excluding carboxylic acids is 2. The van der Waals surface area contributed by atoms with Crippen LogP contribution in [0.4, 0.5) is 0 Å². The first-order valence-electron chi connectivity index (χ1n) is 8.34. The van der Waals surface area contributed by atoms with Crippen LogP contribution < -0.4 is 20.1 Å². The van der Waals surface area contributed by atoms with Crippen LogP contribution in [0.2, 0.25) is 0 Å². The number of hydrogen-bond acceptors (Lipinski definition) is 5. The van der Waals surface area contributed by atoms with E-state index in [0.29, 0.717) is 32.0 Å². The standard InChI is InChI=1S/C18H23N3O4/c1-19-16(22)9-14-18(23)20-6-7-21(14)10-12-8-13-4-3-5-15(24-2)17(13)25-11-12/h3-5,8,14H,6-7,9-11H2,1-2H3,(H,19,22)(H,20,23)/t14-/m1/s1. The van der Waals surface area contributed by atoms with E-state index in [4.69, 9.17) is 9.47 Å². The highest BCUT2D eigenvalue weighted by Gasteiger charge is 2.32. The summed E-state index contributed by atoms with van der Waals surface area (Å²) in [6.45, 7) is 2.32. The minimum atomic E-state index is -0.457. The molecule has 1 saturated heterocycles. The van der Waals surface area contributed by atoms with Gasteiger partial charge in [-0.25, -0.2) is 0 Å². The van der Waals surface area contributed by atoms with Crippen molar-refractivity contribution in [1.29, 1.82) is 0 Å². The van der Waals surface area contributed by atoms with E-state index in [-0.39, 0.29) is 18.2 Å². The summed E-state index contributed by atoms with van der Waals surface area (Å²) in [6, 6.07) is 5.30. The van der Waals surface area contributed by atoms with Gasteiger partial charge in [0.1, 0.15) is 6.61 Å². The number of piperazine rings is 1. The SMILES string of the molecule is CNC(=O)C[C@@H]1C(=O)NCCN1CC1=Cc2cccc(OC)c2OC1. The molecule has 0 unspecified atom stereocenters. The summed E-state index contributed by atoms with van der Waals surface area (Å²) in [5.41, 5.74) is 2.03. The Kier molecular flexibility index (Phi) is 5.23. The predicted molar refractivity (Wildman–Crippen MR) is 93.5 cm³/mol. The second-order valence-corrected chi connectivity index (χ2v) is 6.12. The Balaban J connectivity index is 1.77. The van der Waals surface area contributed by atoms with Gasteiger partial charge in [-0.3, -0.25) is 14.5 Å². The van der Waals surface area contributed by atoms with Crippen molar-refractivity contribution in [3.05, 3.63) is 29.3 Å². The molecule has 2 N–H and O–H groups in total. The van der Waals surface area contributed by atoms with Crippen molar-refractivity contribution in [2.24, 2.45) is 0 Å². The molecule has 1 aromatic rings. The van der Waals surface area contributed by atoms with Gasteiger partial charge >= 0.3 is 0 Å². The molecule has 7 nitrogen and oxygen atoms in total. The molecule has 25 heavy (non-hydrogen) atoms. The summed E-state index contributed by atoms with van der Waals surface area (Å²) >= 11 is 0. The molecule has 0 bridgehead atoms. The molecule has 1 fully saturated rings. The van der Waals surface area contributed by atoms with Crippen LogP contribution in [0.3, 0.4) is 0 Å². The third-order valence-corrected chi connectivity index (χ3v) is 4.50. The van der Waals surface area contributed by atoms with Crippen LogP contribution in [-0.2, 0) is 9.59 Å². The molecule has 0 radical (unpaired) electrons. The van der Waals surface area contributed by atoms with Gasteiger partial charge in [-0.1, -0.05) is 12.1 Å². The van der Waals surface area contributed by atoms with Gasteiger partial charge < -0.3 is 20.1 Å². The molecule has 0 saturated carbocycles. The summed E-state index contributed by atoms with van der Waals surface area (Å²) < 4.78 is 11.2. The van der Waals surface area contributed by atoms with E-state index in [0.717, 1.165) is 16.9 Å². The number of nitrogens with zero attached hydrogens (tertiary/aromatic N) is 1. The van der Waals surface area contributed by atoms with E-state index in [2.05, 4.69) is 16.7 Å². The van der Waals surface area contributed by atoms with E-state index in [1.165, 1.54) is 0 Å². The average Bonchev–Trinajstić information content (AvgIpc) is 2.63. The number of methoxy groups -OCH3 is 1. The lowest BCUT2D eigenvalue weighted by atomic mass is 10.0. The maximum absolute atomic E-state index is 12.2. The molecule has 134 valence electrons. The summed E-state index contributed by atoms with van der Waals surface area (Å²) in [5.74, 6) is 1.21. The molecule has 2 aliphatic heterocycles. The molecule has 0 spiro atoms. The highest BCUT2D eigenvalue weighted by molar-refractivity contribution is 5.88. The first-order chi connectivity index (χ1) is 12.1. The number of benzene rings is 1. The third kappa shape index (κ3) is 3.76. The third-order valence-electron chi connectivity index (χ3n) is 4.50.